The Morgan fingerprint density at radius 2 is 2.19 bits per heavy atom. The number of nitrogens with zero attached hydrogens (tertiary/aromatic N) is 6. The summed E-state index contributed by atoms with van der Waals surface area (Å²) in [6, 6.07) is 7.47. The van der Waals surface area contributed by atoms with Gasteiger partial charge in [0, 0.05) is 24.4 Å². The van der Waals surface area contributed by atoms with Crippen molar-refractivity contribution in [2.75, 3.05) is 13.1 Å². The van der Waals surface area contributed by atoms with Gasteiger partial charge in [0.1, 0.15) is 18.7 Å². The third-order valence-corrected chi connectivity index (χ3v) is 5.50. The zero-order valence-corrected chi connectivity index (χ0v) is 15.2. The first-order chi connectivity index (χ1) is 13.2. The van der Waals surface area contributed by atoms with E-state index >= 15 is 0 Å². The van der Waals surface area contributed by atoms with Crippen molar-refractivity contribution < 1.29 is 14.6 Å². The monoisotopic (exact) mass is 386 g/mol. The molecule has 3 heterocycles. The van der Waals surface area contributed by atoms with Crippen molar-refractivity contribution in [1.29, 1.82) is 0 Å². The number of ether oxygens (including phenoxy) is 1. The van der Waals surface area contributed by atoms with Gasteiger partial charge in [0.25, 0.3) is 0 Å². The molecule has 1 fully saturated rings. The molecule has 4 rings (SSSR count). The van der Waals surface area contributed by atoms with Crippen LogP contribution in [0.3, 0.4) is 0 Å². The Morgan fingerprint density at radius 3 is 2.93 bits per heavy atom. The van der Waals surface area contributed by atoms with E-state index < -0.39 is 6.09 Å². The highest BCUT2D eigenvalue weighted by Gasteiger charge is 2.26. The van der Waals surface area contributed by atoms with Crippen LogP contribution in [-0.2, 0) is 6.61 Å². The summed E-state index contributed by atoms with van der Waals surface area (Å²) < 4.78 is 7.37. The summed E-state index contributed by atoms with van der Waals surface area (Å²) in [5.74, 6) is 0.903. The molecule has 0 radical (unpaired) electrons. The van der Waals surface area contributed by atoms with E-state index in [1.54, 1.807) is 16.0 Å². The van der Waals surface area contributed by atoms with Gasteiger partial charge in [-0.1, -0.05) is 0 Å². The van der Waals surface area contributed by atoms with E-state index in [1.807, 2.05) is 29.6 Å². The minimum Gasteiger partial charge on any atom is -0.487 e. The van der Waals surface area contributed by atoms with Crippen LogP contribution in [0.5, 0.6) is 5.75 Å². The van der Waals surface area contributed by atoms with Crippen molar-refractivity contribution >= 4 is 17.4 Å². The maximum Gasteiger partial charge on any atom is 0.407 e. The fourth-order valence-electron chi connectivity index (χ4n) is 3.06. The number of piperidine rings is 1. The minimum absolute atomic E-state index is 0.171. The number of benzene rings is 1. The number of amides is 1. The Hall–Kier alpha value is -3.01. The first kappa shape index (κ1) is 17.4. The lowest BCUT2D eigenvalue weighted by molar-refractivity contribution is 0.130. The molecule has 1 amide bonds. The largest absolute Gasteiger partial charge is 0.487 e. The minimum atomic E-state index is -0.857. The van der Waals surface area contributed by atoms with Crippen molar-refractivity contribution in [2.24, 2.45) is 0 Å². The number of likely N-dealkylation sites (tertiary alicyclic amines) is 1. The molecule has 140 valence electrons. The highest BCUT2D eigenvalue weighted by molar-refractivity contribution is 7.09. The average molecular weight is 386 g/mol. The maximum absolute atomic E-state index is 11.2. The highest BCUT2D eigenvalue weighted by Crippen LogP contribution is 2.29. The number of thiazole rings is 1. The van der Waals surface area contributed by atoms with Crippen molar-refractivity contribution in [1.82, 2.24) is 30.1 Å². The van der Waals surface area contributed by atoms with Gasteiger partial charge in [-0.05, 0) is 47.5 Å². The Labute approximate surface area is 159 Å². The molecule has 0 spiro atoms. The molecular weight excluding hydrogens is 368 g/mol. The van der Waals surface area contributed by atoms with Crippen LogP contribution in [-0.4, -0.2) is 54.4 Å². The molecule has 1 unspecified atom stereocenters. The standard InChI is InChI=1S/C17H18N6O3S/c24-17(25)22-7-1-2-12(8-22)16-19-13(10-27-16)9-26-15-5-3-14(4-6-15)23-11-18-20-21-23/h3-6,10-12H,1-2,7-9H2,(H,24,25). The van der Waals surface area contributed by atoms with Crippen LogP contribution >= 0.6 is 11.3 Å². The molecule has 1 atom stereocenters. The first-order valence-corrected chi connectivity index (χ1v) is 9.45. The summed E-state index contributed by atoms with van der Waals surface area (Å²) in [7, 11) is 0. The zero-order valence-electron chi connectivity index (χ0n) is 14.4. The molecule has 10 heteroatoms. The maximum atomic E-state index is 11.2. The molecule has 0 aliphatic carbocycles. The van der Waals surface area contributed by atoms with Crippen LogP contribution < -0.4 is 4.74 Å². The predicted octanol–water partition coefficient (Wildman–Crippen LogP) is 2.56. The lowest BCUT2D eigenvalue weighted by atomic mass is 9.99. The predicted molar refractivity (Wildman–Crippen MR) is 97.2 cm³/mol. The number of tetrazole rings is 1. The summed E-state index contributed by atoms with van der Waals surface area (Å²) in [5, 5.41) is 23.2. The molecule has 1 saturated heterocycles. The van der Waals surface area contributed by atoms with Crippen molar-refractivity contribution in [3.63, 3.8) is 0 Å². The lowest BCUT2D eigenvalue weighted by Gasteiger charge is -2.29. The van der Waals surface area contributed by atoms with Crippen molar-refractivity contribution in [2.45, 2.75) is 25.4 Å². The molecule has 1 aliphatic heterocycles. The molecule has 1 aromatic carbocycles. The smallest absolute Gasteiger partial charge is 0.407 e. The van der Waals surface area contributed by atoms with Gasteiger partial charge >= 0.3 is 6.09 Å². The second-order valence-corrected chi connectivity index (χ2v) is 7.17. The fourth-order valence-corrected chi connectivity index (χ4v) is 3.99. The van der Waals surface area contributed by atoms with E-state index in [0.29, 0.717) is 19.7 Å². The van der Waals surface area contributed by atoms with Gasteiger partial charge < -0.3 is 14.7 Å². The Bertz CT molecular complexity index is 896. The number of aromatic nitrogens is 5. The zero-order chi connectivity index (χ0) is 18.6. The molecule has 1 N–H and O–H groups in total. The number of hydrogen-bond acceptors (Lipinski definition) is 7. The van der Waals surface area contributed by atoms with Crippen LogP contribution in [0.4, 0.5) is 4.79 Å². The van der Waals surface area contributed by atoms with E-state index in [4.69, 9.17) is 4.74 Å². The van der Waals surface area contributed by atoms with Gasteiger partial charge in [-0.25, -0.2) is 14.5 Å². The molecule has 27 heavy (non-hydrogen) atoms. The molecule has 0 saturated carbocycles. The van der Waals surface area contributed by atoms with Crippen molar-refractivity contribution in [3.8, 4) is 11.4 Å². The van der Waals surface area contributed by atoms with E-state index in [2.05, 4.69) is 20.5 Å². The number of carbonyl (C=O) groups is 1. The average Bonchev–Trinajstić information content (AvgIpc) is 3.39. The third kappa shape index (κ3) is 4.05. The Morgan fingerprint density at radius 1 is 1.33 bits per heavy atom. The summed E-state index contributed by atoms with van der Waals surface area (Å²) in [6.07, 6.45) is 2.51. The lowest BCUT2D eigenvalue weighted by Crippen LogP contribution is -2.38. The van der Waals surface area contributed by atoms with Gasteiger partial charge in [0.05, 0.1) is 16.4 Å². The van der Waals surface area contributed by atoms with Gasteiger partial charge in [0.15, 0.2) is 0 Å². The molecule has 3 aromatic rings. The van der Waals surface area contributed by atoms with Crippen LogP contribution in [0.1, 0.15) is 29.5 Å². The molecule has 2 aromatic heterocycles. The summed E-state index contributed by atoms with van der Waals surface area (Å²) >= 11 is 1.57. The van der Waals surface area contributed by atoms with Crippen LogP contribution in [0.2, 0.25) is 0 Å². The van der Waals surface area contributed by atoms with E-state index in [0.717, 1.165) is 35.0 Å². The number of carboxylic acid groups (broad SMARTS) is 1. The summed E-state index contributed by atoms with van der Waals surface area (Å²) in [5.41, 5.74) is 1.70. The van der Waals surface area contributed by atoms with Gasteiger partial charge in [-0.2, -0.15) is 0 Å². The fraction of sp³-hybridized carbons (Fsp3) is 0.353. The van der Waals surface area contributed by atoms with E-state index in [9.17, 15) is 9.90 Å². The Balaban J connectivity index is 1.35. The third-order valence-electron chi connectivity index (χ3n) is 4.45. The van der Waals surface area contributed by atoms with Crippen LogP contribution in [0.25, 0.3) is 5.69 Å². The van der Waals surface area contributed by atoms with Gasteiger partial charge in [0.2, 0.25) is 0 Å². The number of rotatable bonds is 5. The molecular formula is C17H18N6O3S. The topological polar surface area (TPSA) is 106 Å². The molecule has 9 nitrogen and oxygen atoms in total. The van der Waals surface area contributed by atoms with Crippen LogP contribution in [0.15, 0.2) is 36.0 Å². The Kier molecular flexibility index (Phi) is 4.97. The number of hydrogen-bond donors (Lipinski definition) is 1. The SMILES string of the molecule is O=C(O)N1CCCC(c2nc(COc3ccc(-n4cnnn4)cc3)cs2)C1. The normalized spacial score (nSPS) is 17.0. The second-order valence-electron chi connectivity index (χ2n) is 6.28. The first-order valence-electron chi connectivity index (χ1n) is 8.57. The van der Waals surface area contributed by atoms with Crippen molar-refractivity contribution in [3.05, 3.63) is 46.7 Å². The quantitative estimate of drug-likeness (QED) is 0.718. The van der Waals surface area contributed by atoms with E-state index in [-0.39, 0.29) is 5.92 Å². The summed E-state index contributed by atoms with van der Waals surface area (Å²) in [4.78, 5) is 17.3. The van der Waals surface area contributed by atoms with Gasteiger partial charge in [-0.3, -0.25) is 0 Å². The van der Waals surface area contributed by atoms with Gasteiger partial charge in [-0.15, -0.1) is 16.4 Å². The van der Waals surface area contributed by atoms with Crippen LogP contribution in [0, 0.1) is 0 Å². The second kappa shape index (κ2) is 7.70. The van der Waals surface area contributed by atoms with E-state index in [1.165, 1.54) is 11.2 Å². The highest BCUT2D eigenvalue weighted by atomic mass is 32.1. The molecule has 0 bridgehead atoms. The molecule has 1 aliphatic rings. The summed E-state index contributed by atoms with van der Waals surface area (Å²) in [6.45, 7) is 1.49.